The molecular weight excluding hydrogens is 318 g/mol. The van der Waals surface area contributed by atoms with Crippen LogP contribution >= 0.6 is 11.3 Å². The van der Waals surface area contributed by atoms with E-state index in [2.05, 4.69) is 44.7 Å². The van der Waals surface area contributed by atoms with Gasteiger partial charge in [-0.05, 0) is 18.4 Å². The summed E-state index contributed by atoms with van der Waals surface area (Å²) in [7, 11) is 1.78. The Kier molecular flexibility index (Phi) is 5.38. The zero-order chi connectivity index (χ0) is 16.8. The summed E-state index contributed by atoms with van der Waals surface area (Å²) in [6.45, 7) is 3.51. The van der Waals surface area contributed by atoms with Crippen molar-refractivity contribution in [3.05, 3.63) is 58.3 Å². The van der Waals surface area contributed by atoms with E-state index in [0.717, 1.165) is 29.6 Å². The third kappa shape index (κ3) is 4.08. The van der Waals surface area contributed by atoms with Crippen LogP contribution < -0.4 is 10.6 Å². The van der Waals surface area contributed by atoms with Crippen molar-refractivity contribution in [2.24, 2.45) is 4.99 Å². The summed E-state index contributed by atoms with van der Waals surface area (Å²) in [6.07, 6.45) is 4.66. The van der Waals surface area contributed by atoms with Gasteiger partial charge in [-0.1, -0.05) is 24.3 Å². The van der Waals surface area contributed by atoms with Crippen molar-refractivity contribution < 1.29 is 0 Å². The van der Waals surface area contributed by atoms with Crippen molar-refractivity contribution >= 4 is 28.1 Å². The molecule has 124 valence electrons. The van der Waals surface area contributed by atoms with E-state index in [1.807, 2.05) is 30.6 Å². The highest BCUT2D eigenvalue weighted by Crippen LogP contribution is 2.16. The topological polar surface area (TPSA) is 62.2 Å². The van der Waals surface area contributed by atoms with Gasteiger partial charge in [0.2, 0.25) is 0 Å². The molecule has 0 saturated heterocycles. The number of aliphatic imine (C=N–C) groups is 1. The molecule has 0 aliphatic rings. The van der Waals surface area contributed by atoms with E-state index < -0.39 is 0 Å². The summed E-state index contributed by atoms with van der Waals surface area (Å²) < 4.78 is 0. The second-order valence-corrected chi connectivity index (χ2v) is 6.77. The molecule has 0 bridgehead atoms. The summed E-state index contributed by atoms with van der Waals surface area (Å²) in [4.78, 5) is 14.4. The highest BCUT2D eigenvalue weighted by atomic mass is 32.1. The first-order chi connectivity index (χ1) is 11.8. The number of nitrogens with zero attached hydrogens (tertiary/aromatic N) is 3. The van der Waals surface area contributed by atoms with E-state index in [4.69, 9.17) is 0 Å². The number of hydrogen-bond donors (Lipinski definition) is 2. The summed E-state index contributed by atoms with van der Waals surface area (Å²) in [5, 5.41) is 10.2. The van der Waals surface area contributed by atoms with Gasteiger partial charge in [-0.25, -0.2) is 4.98 Å². The van der Waals surface area contributed by atoms with E-state index in [9.17, 15) is 0 Å². The molecule has 0 atom stereocenters. The third-order valence-corrected chi connectivity index (χ3v) is 4.68. The summed E-state index contributed by atoms with van der Waals surface area (Å²) in [5.74, 6) is 0.776. The minimum Gasteiger partial charge on any atom is -0.356 e. The molecule has 3 rings (SSSR count). The zero-order valence-corrected chi connectivity index (χ0v) is 14.7. The minimum absolute atomic E-state index is 0.636. The first-order valence-corrected chi connectivity index (χ1v) is 8.76. The summed E-state index contributed by atoms with van der Waals surface area (Å²) in [6, 6.07) is 10.3. The molecule has 0 saturated carbocycles. The molecule has 3 aromatic rings. The number of guanidine groups is 1. The predicted molar refractivity (Wildman–Crippen MR) is 100 cm³/mol. The molecule has 5 nitrogen and oxygen atoms in total. The van der Waals surface area contributed by atoms with E-state index in [-0.39, 0.29) is 0 Å². The van der Waals surface area contributed by atoms with E-state index >= 15 is 0 Å². The minimum atomic E-state index is 0.636. The second-order valence-electron chi connectivity index (χ2n) is 5.45. The average molecular weight is 339 g/mol. The quantitative estimate of drug-likeness (QED) is 0.554. The fourth-order valence-electron chi connectivity index (χ4n) is 2.52. The van der Waals surface area contributed by atoms with Crippen LogP contribution in [0.3, 0.4) is 0 Å². The molecule has 24 heavy (non-hydrogen) atoms. The van der Waals surface area contributed by atoms with Gasteiger partial charge in [0.1, 0.15) is 0 Å². The maximum Gasteiger partial charge on any atom is 0.191 e. The van der Waals surface area contributed by atoms with Gasteiger partial charge in [0.15, 0.2) is 5.96 Å². The lowest BCUT2D eigenvalue weighted by molar-refractivity contribution is 0.784. The summed E-state index contributed by atoms with van der Waals surface area (Å²) >= 11 is 1.74. The molecule has 2 heterocycles. The van der Waals surface area contributed by atoms with Gasteiger partial charge in [0.05, 0.1) is 17.2 Å². The average Bonchev–Trinajstić information content (AvgIpc) is 3.03. The maximum atomic E-state index is 4.49. The second kappa shape index (κ2) is 7.88. The van der Waals surface area contributed by atoms with Crippen LogP contribution in [0.15, 0.2) is 47.7 Å². The number of hydrogen-bond acceptors (Lipinski definition) is 4. The molecule has 1 aromatic carbocycles. The Hall–Kier alpha value is -2.47. The molecule has 0 amide bonds. The Morgan fingerprint density at radius 2 is 2.04 bits per heavy atom. The van der Waals surface area contributed by atoms with Crippen molar-refractivity contribution in [1.82, 2.24) is 20.6 Å². The Balaban J connectivity index is 1.55. The highest BCUT2D eigenvalue weighted by Gasteiger charge is 2.04. The van der Waals surface area contributed by atoms with E-state index in [0.29, 0.717) is 6.54 Å². The molecule has 0 spiro atoms. The van der Waals surface area contributed by atoms with Gasteiger partial charge in [-0.2, -0.15) is 0 Å². The number of rotatable bonds is 5. The van der Waals surface area contributed by atoms with Crippen molar-refractivity contribution in [3.8, 4) is 0 Å². The molecule has 0 unspecified atom stereocenters. The molecule has 2 N–H and O–H groups in total. The van der Waals surface area contributed by atoms with Crippen molar-refractivity contribution in [2.75, 3.05) is 13.6 Å². The number of thiazole rings is 1. The fraction of sp³-hybridized carbons (Fsp3) is 0.278. The van der Waals surface area contributed by atoms with Gasteiger partial charge in [0, 0.05) is 42.7 Å². The molecule has 0 aliphatic heterocycles. The monoisotopic (exact) mass is 339 g/mol. The lowest BCUT2D eigenvalue weighted by Crippen LogP contribution is -2.38. The Bertz CT molecular complexity index is 835. The van der Waals surface area contributed by atoms with Crippen LogP contribution in [0.1, 0.15) is 15.6 Å². The third-order valence-electron chi connectivity index (χ3n) is 3.70. The largest absolute Gasteiger partial charge is 0.356 e. The van der Waals surface area contributed by atoms with Gasteiger partial charge in [-0.15, -0.1) is 11.3 Å². The van der Waals surface area contributed by atoms with Crippen LogP contribution in [-0.2, 0) is 13.0 Å². The van der Waals surface area contributed by atoms with Crippen LogP contribution in [0.25, 0.3) is 10.8 Å². The van der Waals surface area contributed by atoms with Gasteiger partial charge in [0.25, 0.3) is 0 Å². The molecule has 0 fully saturated rings. The van der Waals surface area contributed by atoms with E-state index in [1.54, 1.807) is 18.4 Å². The first-order valence-electron chi connectivity index (χ1n) is 7.94. The Morgan fingerprint density at radius 3 is 2.83 bits per heavy atom. The zero-order valence-electron chi connectivity index (χ0n) is 13.9. The van der Waals surface area contributed by atoms with Crippen LogP contribution in [0.4, 0.5) is 0 Å². The predicted octanol–water partition coefficient (Wildman–Crippen LogP) is 2.91. The number of pyridine rings is 1. The number of fused-ring (bicyclic) bond motifs is 1. The Labute approximate surface area is 145 Å². The standard InChI is InChI=1S/C18H21N5S/c1-13-11-22-17(24-13)8-10-21-18(19-2)23-12-16-15-6-4-3-5-14(15)7-9-20-16/h3-7,9,11H,8,10,12H2,1-2H3,(H2,19,21,23). The van der Waals surface area contributed by atoms with Gasteiger partial charge < -0.3 is 10.6 Å². The first kappa shape index (κ1) is 16.4. The number of aromatic nitrogens is 2. The fourth-order valence-corrected chi connectivity index (χ4v) is 3.30. The highest BCUT2D eigenvalue weighted by molar-refractivity contribution is 7.11. The van der Waals surface area contributed by atoms with Crippen molar-refractivity contribution in [1.29, 1.82) is 0 Å². The van der Waals surface area contributed by atoms with E-state index in [1.165, 1.54) is 15.6 Å². The lowest BCUT2D eigenvalue weighted by atomic mass is 10.1. The van der Waals surface area contributed by atoms with Gasteiger partial charge in [-0.3, -0.25) is 9.98 Å². The van der Waals surface area contributed by atoms with Crippen molar-refractivity contribution in [2.45, 2.75) is 19.9 Å². The van der Waals surface area contributed by atoms with Crippen LogP contribution in [-0.4, -0.2) is 29.5 Å². The number of benzene rings is 1. The van der Waals surface area contributed by atoms with Crippen LogP contribution in [0.5, 0.6) is 0 Å². The SMILES string of the molecule is CN=C(NCCc1ncc(C)s1)NCc1nccc2ccccc12. The summed E-state index contributed by atoms with van der Waals surface area (Å²) in [5.41, 5.74) is 1.02. The lowest BCUT2D eigenvalue weighted by Gasteiger charge is -2.12. The molecule has 2 aromatic heterocycles. The maximum absolute atomic E-state index is 4.49. The van der Waals surface area contributed by atoms with Crippen LogP contribution in [0.2, 0.25) is 0 Å². The van der Waals surface area contributed by atoms with Crippen LogP contribution in [0, 0.1) is 6.92 Å². The normalized spacial score (nSPS) is 11.7. The number of nitrogens with one attached hydrogen (secondary N) is 2. The molecule has 6 heteroatoms. The molecule has 0 radical (unpaired) electrons. The smallest absolute Gasteiger partial charge is 0.191 e. The van der Waals surface area contributed by atoms with Gasteiger partial charge >= 0.3 is 0 Å². The molecular formula is C18H21N5S. The van der Waals surface area contributed by atoms with Crippen molar-refractivity contribution in [3.63, 3.8) is 0 Å². The Morgan fingerprint density at radius 1 is 1.17 bits per heavy atom. The molecule has 0 aliphatic carbocycles. The number of aryl methyl sites for hydroxylation is 1.